The topological polar surface area (TPSA) is 91.2 Å². The largest absolute Gasteiger partial charge is 0.392 e. The van der Waals surface area contributed by atoms with Crippen molar-refractivity contribution in [1.82, 2.24) is 10.2 Å². The van der Waals surface area contributed by atoms with Crippen LogP contribution in [0.25, 0.3) is 0 Å². The molecule has 1 saturated heterocycles. The number of oxime groups is 1. The highest BCUT2D eigenvalue weighted by atomic mass is 16.7. The number of nitrogens with zero attached hydrogens (tertiary/aromatic N) is 2. The van der Waals surface area contributed by atoms with Crippen LogP contribution in [0.5, 0.6) is 0 Å². The van der Waals surface area contributed by atoms with Gasteiger partial charge in [0.05, 0.1) is 13.0 Å². The highest BCUT2D eigenvalue weighted by Gasteiger charge is 2.32. The highest BCUT2D eigenvalue weighted by Crippen LogP contribution is 2.14. The van der Waals surface area contributed by atoms with E-state index in [1.165, 1.54) is 4.90 Å². The zero-order valence-electron chi connectivity index (χ0n) is 7.97. The molecule has 2 aliphatic rings. The maximum atomic E-state index is 11.4. The van der Waals surface area contributed by atoms with Crippen molar-refractivity contribution in [2.45, 2.75) is 18.9 Å². The number of carbonyl (C=O) groups is 2. The molecule has 2 heterocycles. The number of rotatable bonds is 1. The molecule has 82 valence electrons. The molecule has 15 heavy (non-hydrogen) atoms. The molecule has 0 bridgehead atoms. The van der Waals surface area contributed by atoms with Crippen LogP contribution in [0, 0.1) is 0 Å². The Labute approximate surface area is 85.7 Å². The molecule has 1 atom stereocenters. The lowest BCUT2D eigenvalue weighted by atomic mass is 10.2. The predicted octanol–water partition coefficient (Wildman–Crippen LogP) is -0.977. The first-order valence-electron chi connectivity index (χ1n) is 4.65. The summed E-state index contributed by atoms with van der Waals surface area (Å²) in [6.07, 6.45) is 0.262. The predicted molar refractivity (Wildman–Crippen MR) is 48.9 cm³/mol. The van der Waals surface area contributed by atoms with Crippen molar-refractivity contribution in [1.29, 1.82) is 0 Å². The van der Waals surface area contributed by atoms with Crippen molar-refractivity contribution in [2.24, 2.45) is 5.16 Å². The molecule has 2 aliphatic heterocycles. The molecule has 0 aromatic rings. The van der Waals surface area contributed by atoms with E-state index in [9.17, 15) is 9.59 Å². The lowest BCUT2D eigenvalue weighted by molar-refractivity contribution is -0.121. The van der Waals surface area contributed by atoms with Crippen LogP contribution < -0.4 is 5.32 Å². The van der Waals surface area contributed by atoms with Crippen LogP contribution in [0.3, 0.4) is 0 Å². The number of aliphatic hydroxyl groups excluding tert-OH is 1. The van der Waals surface area contributed by atoms with Crippen molar-refractivity contribution >= 4 is 17.8 Å². The van der Waals surface area contributed by atoms with Crippen LogP contribution in [0.1, 0.15) is 12.8 Å². The Kier molecular flexibility index (Phi) is 2.55. The van der Waals surface area contributed by atoms with E-state index < -0.39 is 6.03 Å². The standard InChI is InChI=1S/C8H11N3O4/c12-4-5-3-6(10-15-5)11-2-1-7(13)9-8(11)14/h5,12H,1-4H2,(H,9,13,14). The van der Waals surface area contributed by atoms with E-state index >= 15 is 0 Å². The van der Waals surface area contributed by atoms with Crippen LogP contribution >= 0.6 is 0 Å². The molecule has 2 rings (SSSR count). The van der Waals surface area contributed by atoms with Crippen LogP contribution in [-0.4, -0.2) is 47.0 Å². The highest BCUT2D eigenvalue weighted by molar-refractivity contribution is 6.06. The van der Waals surface area contributed by atoms with Gasteiger partial charge in [-0.25, -0.2) is 4.79 Å². The van der Waals surface area contributed by atoms with Crippen LogP contribution in [0.2, 0.25) is 0 Å². The number of hydrogen-bond donors (Lipinski definition) is 2. The van der Waals surface area contributed by atoms with E-state index in [0.29, 0.717) is 18.8 Å². The number of amidine groups is 1. The molecule has 0 aromatic heterocycles. The number of hydrogen-bond acceptors (Lipinski definition) is 5. The fourth-order valence-electron chi connectivity index (χ4n) is 1.48. The quantitative estimate of drug-likeness (QED) is 0.585. The SMILES string of the molecule is O=C1CCN(C2=NOC(CO)C2)C(=O)N1. The summed E-state index contributed by atoms with van der Waals surface area (Å²) in [6, 6.07) is -0.479. The molecule has 0 radical (unpaired) electrons. The molecular weight excluding hydrogens is 202 g/mol. The van der Waals surface area contributed by atoms with Gasteiger partial charge >= 0.3 is 6.03 Å². The maximum Gasteiger partial charge on any atom is 0.329 e. The summed E-state index contributed by atoms with van der Waals surface area (Å²) in [5.41, 5.74) is 0. The Bertz CT molecular complexity index is 328. The molecular formula is C8H11N3O4. The zero-order valence-corrected chi connectivity index (χ0v) is 7.97. The van der Waals surface area contributed by atoms with Gasteiger partial charge in [-0.05, 0) is 0 Å². The second kappa shape index (κ2) is 3.85. The normalized spacial score (nSPS) is 26.1. The van der Waals surface area contributed by atoms with Gasteiger partial charge in [0.15, 0.2) is 11.9 Å². The average molecular weight is 213 g/mol. The van der Waals surface area contributed by atoms with Gasteiger partial charge in [-0.3, -0.25) is 15.0 Å². The molecule has 0 aromatic carbocycles. The van der Waals surface area contributed by atoms with Crippen molar-refractivity contribution in [3.8, 4) is 0 Å². The van der Waals surface area contributed by atoms with Crippen LogP contribution in [0.4, 0.5) is 4.79 Å². The molecule has 0 saturated carbocycles. The number of carbonyl (C=O) groups excluding carboxylic acids is 2. The lowest BCUT2D eigenvalue weighted by Crippen LogP contribution is -2.51. The summed E-state index contributed by atoms with van der Waals surface area (Å²) in [5, 5.41) is 14.7. The fourth-order valence-corrected chi connectivity index (χ4v) is 1.48. The summed E-state index contributed by atoms with van der Waals surface area (Å²) in [4.78, 5) is 28.5. The van der Waals surface area contributed by atoms with Gasteiger partial charge in [0.25, 0.3) is 0 Å². The minimum atomic E-state index is -0.479. The van der Waals surface area contributed by atoms with E-state index in [2.05, 4.69) is 10.5 Å². The summed E-state index contributed by atoms with van der Waals surface area (Å²) in [6.45, 7) is 0.173. The first-order chi connectivity index (χ1) is 7.20. The smallest absolute Gasteiger partial charge is 0.329 e. The first kappa shape index (κ1) is 9.91. The molecule has 7 nitrogen and oxygen atoms in total. The monoisotopic (exact) mass is 213 g/mol. The van der Waals surface area contributed by atoms with Gasteiger partial charge in [-0.15, -0.1) is 0 Å². The Morgan fingerprint density at radius 1 is 1.60 bits per heavy atom. The van der Waals surface area contributed by atoms with E-state index in [1.54, 1.807) is 0 Å². The van der Waals surface area contributed by atoms with E-state index in [1.807, 2.05) is 0 Å². The molecule has 3 amide bonds. The maximum absolute atomic E-state index is 11.4. The van der Waals surface area contributed by atoms with Gasteiger partial charge in [0, 0.05) is 13.0 Å². The third-order valence-corrected chi connectivity index (χ3v) is 2.29. The van der Waals surface area contributed by atoms with Crippen LogP contribution in [0.15, 0.2) is 5.16 Å². The van der Waals surface area contributed by atoms with E-state index in [-0.39, 0.29) is 25.0 Å². The van der Waals surface area contributed by atoms with Gasteiger partial charge in [-0.2, -0.15) is 0 Å². The molecule has 7 heteroatoms. The minimum absolute atomic E-state index is 0.138. The second-order valence-corrected chi connectivity index (χ2v) is 3.38. The third kappa shape index (κ3) is 1.91. The van der Waals surface area contributed by atoms with Crippen molar-refractivity contribution in [3.63, 3.8) is 0 Å². The number of imide groups is 1. The van der Waals surface area contributed by atoms with Crippen molar-refractivity contribution in [2.75, 3.05) is 13.2 Å². The van der Waals surface area contributed by atoms with Gasteiger partial charge in [0.1, 0.15) is 0 Å². The van der Waals surface area contributed by atoms with Gasteiger partial charge < -0.3 is 9.94 Å². The van der Waals surface area contributed by atoms with E-state index in [4.69, 9.17) is 9.94 Å². The molecule has 0 aliphatic carbocycles. The number of aliphatic hydroxyl groups is 1. The average Bonchev–Trinajstić information content (AvgIpc) is 2.66. The van der Waals surface area contributed by atoms with Crippen molar-refractivity contribution in [3.05, 3.63) is 0 Å². The minimum Gasteiger partial charge on any atom is -0.392 e. The number of amides is 3. The number of nitrogens with one attached hydrogen (secondary N) is 1. The van der Waals surface area contributed by atoms with Gasteiger partial charge in [-0.1, -0.05) is 5.16 Å². The summed E-state index contributed by atoms with van der Waals surface area (Å²) in [5.74, 6) is 0.175. The number of urea groups is 1. The molecule has 2 N–H and O–H groups in total. The first-order valence-corrected chi connectivity index (χ1v) is 4.65. The lowest BCUT2D eigenvalue weighted by Gasteiger charge is -2.25. The third-order valence-electron chi connectivity index (χ3n) is 2.29. The Balaban J connectivity index is 2.00. The molecule has 0 spiro atoms. The summed E-state index contributed by atoms with van der Waals surface area (Å²) < 4.78 is 0. The summed E-state index contributed by atoms with van der Waals surface area (Å²) >= 11 is 0. The Morgan fingerprint density at radius 2 is 2.40 bits per heavy atom. The summed E-state index contributed by atoms with van der Waals surface area (Å²) in [7, 11) is 0. The fraction of sp³-hybridized carbons (Fsp3) is 0.625. The van der Waals surface area contributed by atoms with E-state index in [0.717, 1.165) is 0 Å². The van der Waals surface area contributed by atoms with Gasteiger partial charge in [0.2, 0.25) is 5.91 Å². The second-order valence-electron chi connectivity index (χ2n) is 3.38. The molecule has 1 fully saturated rings. The molecule has 1 unspecified atom stereocenters. The Hall–Kier alpha value is -1.63. The van der Waals surface area contributed by atoms with Crippen molar-refractivity contribution < 1.29 is 19.5 Å². The van der Waals surface area contributed by atoms with Crippen LogP contribution in [-0.2, 0) is 9.63 Å². The Morgan fingerprint density at radius 3 is 3.00 bits per heavy atom. The zero-order chi connectivity index (χ0) is 10.8.